The fraction of sp³-hybridized carbons (Fsp3) is 1.00. The first-order valence-corrected chi connectivity index (χ1v) is 4.90. The normalized spacial score (nSPS) is 51.0. The lowest BCUT2D eigenvalue weighted by Gasteiger charge is -2.56. The molecule has 0 amide bonds. The predicted octanol–water partition coefficient (Wildman–Crippen LogP) is 1.68. The second kappa shape index (κ2) is 2.24. The zero-order chi connectivity index (χ0) is 8.98. The van der Waals surface area contributed by atoms with E-state index in [4.69, 9.17) is 10.5 Å². The van der Waals surface area contributed by atoms with Crippen LogP contribution >= 0.6 is 0 Å². The van der Waals surface area contributed by atoms with Crippen LogP contribution in [0.5, 0.6) is 0 Å². The van der Waals surface area contributed by atoms with Crippen LogP contribution in [-0.2, 0) is 4.74 Å². The summed E-state index contributed by atoms with van der Waals surface area (Å²) in [5.41, 5.74) is 6.07. The minimum atomic E-state index is -0.0434. The van der Waals surface area contributed by atoms with Gasteiger partial charge in [-0.05, 0) is 46.0 Å². The van der Waals surface area contributed by atoms with E-state index in [-0.39, 0.29) is 17.2 Å². The average Bonchev–Trinajstić information content (AvgIpc) is 1.91. The van der Waals surface area contributed by atoms with Crippen molar-refractivity contribution in [2.75, 3.05) is 0 Å². The van der Waals surface area contributed by atoms with Gasteiger partial charge >= 0.3 is 0 Å². The minimum absolute atomic E-state index is 0.0434. The largest absolute Gasteiger partial charge is 0.368 e. The smallest absolute Gasteiger partial charge is 0.0812 e. The van der Waals surface area contributed by atoms with E-state index in [2.05, 4.69) is 20.8 Å². The summed E-state index contributed by atoms with van der Waals surface area (Å²) in [6.45, 7) is 6.55. The first-order chi connectivity index (χ1) is 5.44. The van der Waals surface area contributed by atoms with E-state index in [1.165, 1.54) is 6.42 Å². The standard InChI is InChI=1S/C10H19NO/c1-9(2)7-4-5-10(3,12-9)8(11)6-7/h7-8H,4-6,11H2,1-3H3/t7-,8?,10+/m1/s1. The molecule has 3 aliphatic rings. The second-order valence-electron chi connectivity index (χ2n) is 5.10. The molecule has 70 valence electrons. The Hall–Kier alpha value is -0.0800. The summed E-state index contributed by atoms with van der Waals surface area (Å²) < 4.78 is 6.05. The van der Waals surface area contributed by atoms with Gasteiger partial charge in [-0.1, -0.05) is 0 Å². The number of rotatable bonds is 0. The number of hydrogen-bond donors (Lipinski definition) is 1. The molecule has 0 aromatic carbocycles. The maximum atomic E-state index is 6.05. The van der Waals surface area contributed by atoms with E-state index in [9.17, 15) is 0 Å². The van der Waals surface area contributed by atoms with Crippen molar-refractivity contribution in [1.29, 1.82) is 0 Å². The van der Waals surface area contributed by atoms with Gasteiger partial charge in [0.05, 0.1) is 11.2 Å². The van der Waals surface area contributed by atoms with E-state index in [0.717, 1.165) is 12.8 Å². The summed E-state index contributed by atoms with van der Waals surface area (Å²) in [6.07, 6.45) is 3.57. The molecular weight excluding hydrogens is 150 g/mol. The van der Waals surface area contributed by atoms with Crippen LogP contribution in [0.25, 0.3) is 0 Å². The van der Waals surface area contributed by atoms with Crippen molar-refractivity contribution in [2.45, 2.75) is 57.3 Å². The molecule has 3 fully saturated rings. The summed E-state index contributed by atoms with van der Waals surface area (Å²) in [5.74, 6) is 0.675. The van der Waals surface area contributed by atoms with Crippen LogP contribution in [0.1, 0.15) is 40.0 Å². The van der Waals surface area contributed by atoms with Gasteiger partial charge in [0, 0.05) is 6.04 Å². The Morgan fingerprint density at radius 3 is 2.33 bits per heavy atom. The van der Waals surface area contributed by atoms with Crippen molar-refractivity contribution < 1.29 is 4.74 Å². The van der Waals surface area contributed by atoms with Gasteiger partial charge in [-0.25, -0.2) is 0 Å². The van der Waals surface area contributed by atoms with Crippen molar-refractivity contribution in [3.63, 3.8) is 0 Å². The van der Waals surface area contributed by atoms with E-state index in [1.807, 2.05) is 0 Å². The SMILES string of the molecule is CC1(C)O[C@@]2(C)CC[C@@H]1CC2N. The van der Waals surface area contributed by atoms with Gasteiger partial charge < -0.3 is 10.5 Å². The fourth-order valence-electron chi connectivity index (χ4n) is 2.76. The molecule has 12 heavy (non-hydrogen) atoms. The number of ether oxygens (including phenoxy) is 1. The topological polar surface area (TPSA) is 35.2 Å². The third-order valence-electron chi connectivity index (χ3n) is 3.79. The molecule has 2 heterocycles. The lowest BCUT2D eigenvalue weighted by molar-refractivity contribution is -0.238. The van der Waals surface area contributed by atoms with Gasteiger partial charge in [0.15, 0.2) is 0 Å². The lowest BCUT2D eigenvalue weighted by atomic mass is 9.66. The average molecular weight is 169 g/mol. The minimum Gasteiger partial charge on any atom is -0.368 e. The molecule has 0 aromatic heterocycles. The monoisotopic (exact) mass is 169 g/mol. The van der Waals surface area contributed by atoms with Crippen LogP contribution in [0.15, 0.2) is 0 Å². The molecule has 2 aliphatic heterocycles. The molecule has 3 atom stereocenters. The molecule has 1 unspecified atom stereocenters. The van der Waals surface area contributed by atoms with Crippen molar-refractivity contribution in [2.24, 2.45) is 11.7 Å². The summed E-state index contributed by atoms with van der Waals surface area (Å²) in [4.78, 5) is 0. The van der Waals surface area contributed by atoms with Crippen molar-refractivity contribution in [3.8, 4) is 0 Å². The highest BCUT2D eigenvalue weighted by molar-refractivity contribution is 5.04. The van der Waals surface area contributed by atoms with Gasteiger partial charge in [0.1, 0.15) is 0 Å². The molecule has 2 saturated heterocycles. The number of nitrogens with two attached hydrogens (primary N) is 1. The third kappa shape index (κ3) is 1.01. The van der Waals surface area contributed by atoms with Gasteiger partial charge in [0.25, 0.3) is 0 Å². The Labute approximate surface area is 74.5 Å². The Balaban J connectivity index is 2.26. The number of fused-ring (bicyclic) bond motifs is 3. The van der Waals surface area contributed by atoms with E-state index in [1.54, 1.807) is 0 Å². The van der Waals surface area contributed by atoms with E-state index < -0.39 is 0 Å². The second-order valence-corrected chi connectivity index (χ2v) is 5.10. The summed E-state index contributed by atoms with van der Waals surface area (Å²) in [5, 5.41) is 0. The Morgan fingerprint density at radius 1 is 1.33 bits per heavy atom. The Bertz CT molecular complexity index is 202. The van der Waals surface area contributed by atoms with Gasteiger partial charge in [-0.15, -0.1) is 0 Å². The van der Waals surface area contributed by atoms with Crippen LogP contribution in [0.3, 0.4) is 0 Å². The van der Waals surface area contributed by atoms with Crippen LogP contribution in [0.4, 0.5) is 0 Å². The molecule has 3 rings (SSSR count). The van der Waals surface area contributed by atoms with Crippen molar-refractivity contribution >= 4 is 0 Å². The van der Waals surface area contributed by atoms with Crippen LogP contribution < -0.4 is 5.73 Å². The molecular formula is C10H19NO. The quantitative estimate of drug-likeness (QED) is 0.599. The molecule has 2 bridgehead atoms. The molecule has 0 aromatic rings. The van der Waals surface area contributed by atoms with Crippen molar-refractivity contribution in [3.05, 3.63) is 0 Å². The maximum absolute atomic E-state index is 6.05. The van der Waals surface area contributed by atoms with E-state index >= 15 is 0 Å². The van der Waals surface area contributed by atoms with Crippen LogP contribution in [0.2, 0.25) is 0 Å². The molecule has 2 N–H and O–H groups in total. The molecule has 2 heteroatoms. The van der Waals surface area contributed by atoms with Gasteiger partial charge in [0.2, 0.25) is 0 Å². The van der Waals surface area contributed by atoms with Crippen LogP contribution in [-0.4, -0.2) is 17.2 Å². The highest BCUT2D eigenvalue weighted by Crippen LogP contribution is 2.48. The first kappa shape index (κ1) is 8.52. The highest BCUT2D eigenvalue weighted by atomic mass is 16.5. The van der Waals surface area contributed by atoms with Crippen molar-refractivity contribution in [1.82, 2.24) is 0 Å². The first-order valence-electron chi connectivity index (χ1n) is 4.90. The zero-order valence-electron chi connectivity index (χ0n) is 8.26. The zero-order valence-corrected chi connectivity index (χ0v) is 8.26. The maximum Gasteiger partial charge on any atom is 0.0812 e. The molecule has 0 radical (unpaired) electrons. The molecule has 1 aliphatic carbocycles. The highest BCUT2D eigenvalue weighted by Gasteiger charge is 2.52. The third-order valence-corrected chi connectivity index (χ3v) is 3.79. The molecule has 0 spiro atoms. The summed E-state index contributed by atoms with van der Waals surface area (Å²) >= 11 is 0. The molecule has 2 nitrogen and oxygen atoms in total. The summed E-state index contributed by atoms with van der Waals surface area (Å²) in [7, 11) is 0. The van der Waals surface area contributed by atoms with Gasteiger partial charge in [-0.3, -0.25) is 0 Å². The van der Waals surface area contributed by atoms with Gasteiger partial charge in [-0.2, -0.15) is 0 Å². The Morgan fingerprint density at radius 2 is 2.00 bits per heavy atom. The van der Waals surface area contributed by atoms with Crippen LogP contribution in [0, 0.1) is 5.92 Å². The summed E-state index contributed by atoms with van der Waals surface area (Å²) in [6, 6.07) is 0.254. The molecule has 1 saturated carbocycles. The lowest BCUT2D eigenvalue weighted by Crippen LogP contribution is -2.64. The predicted molar refractivity (Wildman–Crippen MR) is 48.9 cm³/mol. The van der Waals surface area contributed by atoms with E-state index in [0.29, 0.717) is 5.92 Å². The fourth-order valence-corrected chi connectivity index (χ4v) is 2.76. The Kier molecular flexibility index (Phi) is 1.59. The number of hydrogen-bond acceptors (Lipinski definition) is 2.